The van der Waals surface area contributed by atoms with E-state index in [1.54, 1.807) is 60.7 Å². The fraction of sp³-hybridized carbons (Fsp3) is 0.148. The maximum Gasteiger partial charge on any atom is 0.282 e. The van der Waals surface area contributed by atoms with Gasteiger partial charge in [0, 0.05) is 11.6 Å². The molecule has 2 heterocycles. The molecule has 1 aromatic heterocycles. The first-order chi connectivity index (χ1) is 18.3. The fourth-order valence-electron chi connectivity index (χ4n) is 4.48. The van der Waals surface area contributed by atoms with Crippen LogP contribution < -0.4 is 0 Å². The zero-order valence-corrected chi connectivity index (χ0v) is 20.6. The molecule has 0 saturated carbocycles. The van der Waals surface area contributed by atoms with Crippen LogP contribution in [0.25, 0.3) is 5.69 Å². The molecule has 1 aliphatic heterocycles. The molecule has 1 aliphatic rings. The Morgan fingerprint density at radius 3 is 2.08 bits per heavy atom. The van der Waals surface area contributed by atoms with E-state index in [0.29, 0.717) is 5.82 Å². The van der Waals surface area contributed by atoms with Gasteiger partial charge in [-0.05, 0) is 32.3 Å². The summed E-state index contributed by atoms with van der Waals surface area (Å²) in [4.78, 5) is 54.0. The van der Waals surface area contributed by atoms with Crippen LogP contribution >= 0.6 is 0 Å². The summed E-state index contributed by atoms with van der Waals surface area (Å²) in [5, 5.41) is 20.5. The number of ketones is 1. The smallest absolute Gasteiger partial charge is 0.282 e. The van der Waals surface area contributed by atoms with Crippen LogP contribution in [-0.4, -0.2) is 61.2 Å². The highest BCUT2D eigenvalue weighted by Crippen LogP contribution is 2.31. The first-order valence-corrected chi connectivity index (χ1v) is 11.7. The molecule has 190 valence electrons. The van der Waals surface area contributed by atoms with E-state index >= 15 is 0 Å². The third-order valence-electron chi connectivity index (χ3n) is 6.15. The van der Waals surface area contributed by atoms with Crippen LogP contribution in [0.2, 0.25) is 0 Å². The zero-order chi connectivity index (χ0) is 27.0. The molecule has 5 rings (SSSR count). The van der Waals surface area contributed by atoms with Gasteiger partial charge in [0.05, 0.1) is 34.8 Å². The van der Waals surface area contributed by atoms with E-state index < -0.39 is 22.5 Å². The first kappa shape index (κ1) is 24.7. The second-order valence-corrected chi connectivity index (χ2v) is 8.97. The van der Waals surface area contributed by atoms with Gasteiger partial charge in [0.15, 0.2) is 11.6 Å². The Morgan fingerprint density at radius 1 is 0.868 bits per heavy atom. The Kier molecular flexibility index (Phi) is 6.35. The lowest BCUT2D eigenvalue weighted by molar-refractivity contribution is -0.385. The van der Waals surface area contributed by atoms with E-state index in [-0.39, 0.29) is 52.5 Å². The number of benzene rings is 3. The van der Waals surface area contributed by atoms with E-state index in [1.165, 1.54) is 16.7 Å². The van der Waals surface area contributed by atoms with Gasteiger partial charge >= 0.3 is 0 Å². The Morgan fingerprint density at radius 2 is 1.47 bits per heavy atom. The number of amides is 2. The van der Waals surface area contributed by atoms with E-state index in [9.17, 15) is 24.5 Å². The Bertz CT molecular complexity index is 1560. The van der Waals surface area contributed by atoms with Crippen molar-refractivity contribution in [1.29, 1.82) is 0 Å². The number of hydrogen-bond acceptors (Lipinski definition) is 8. The number of nitro benzene ring substituents is 1. The number of fused-ring (bicyclic) bond motifs is 1. The summed E-state index contributed by atoms with van der Waals surface area (Å²) >= 11 is 0. The summed E-state index contributed by atoms with van der Waals surface area (Å²) in [6, 6.07) is 19.1. The number of imide groups is 1. The van der Waals surface area contributed by atoms with Crippen molar-refractivity contribution >= 4 is 23.3 Å². The highest BCUT2D eigenvalue weighted by Gasteiger charge is 2.37. The van der Waals surface area contributed by atoms with E-state index in [0.717, 1.165) is 4.90 Å². The van der Waals surface area contributed by atoms with Crippen LogP contribution in [0, 0.1) is 10.1 Å². The maximum atomic E-state index is 13.6. The SMILES string of the molecule is CN(C)Cc1nnc(CN2C(=O)c3ccccc3C2=O)n1-c1cccc([N+](=O)[O-])c1C(=O)c1ccccc1. The number of rotatable bonds is 8. The van der Waals surface area contributed by atoms with Crippen molar-refractivity contribution in [3.05, 3.63) is 117 Å². The Labute approximate surface area is 217 Å². The topological polar surface area (TPSA) is 132 Å². The van der Waals surface area contributed by atoms with Gasteiger partial charge < -0.3 is 4.90 Å². The normalized spacial score (nSPS) is 12.8. The number of nitro groups is 1. The minimum Gasteiger partial charge on any atom is -0.302 e. The van der Waals surface area contributed by atoms with Crippen LogP contribution in [0.15, 0.2) is 72.8 Å². The lowest BCUT2D eigenvalue weighted by Gasteiger charge is -2.18. The third kappa shape index (κ3) is 4.24. The number of aromatic nitrogens is 3. The first-order valence-electron chi connectivity index (χ1n) is 11.7. The number of carbonyl (C=O) groups is 3. The molecule has 3 aromatic carbocycles. The quantitative estimate of drug-likeness (QED) is 0.153. The zero-order valence-electron chi connectivity index (χ0n) is 20.6. The molecule has 11 heteroatoms. The van der Waals surface area contributed by atoms with Gasteiger partial charge in [-0.25, -0.2) is 0 Å². The molecule has 0 aliphatic carbocycles. The number of nitrogens with zero attached hydrogens (tertiary/aromatic N) is 6. The van der Waals surface area contributed by atoms with Gasteiger partial charge in [-0.2, -0.15) is 0 Å². The van der Waals surface area contributed by atoms with Crippen molar-refractivity contribution < 1.29 is 19.3 Å². The highest BCUT2D eigenvalue weighted by molar-refractivity contribution is 6.21. The standard InChI is InChI=1S/C27H22N6O5/c1-30(2)15-22-28-29-23(16-31-26(35)18-11-6-7-12-19(18)27(31)36)32(22)20-13-8-14-21(33(37)38)24(20)25(34)17-9-4-3-5-10-17/h3-14H,15-16H2,1-2H3. The molecule has 0 N–H and O–H groups in total. The van der Waals surface area contributed by atoms with Gasteiger partial charge in [-0.15, -0.1) is 10.2 Å². The average molecular weight is 511 g/mol. The Hall–Kier alpha value is -5.03. The van der Waals surface area contributed by atoms with E-state index in [1.807, 2.05) is 19.0 Å². The van der Waals surface area contributed by atoms with Crippen molar-refractivity contribution in [3.63, 3.8) is 0 Å². The molecule has 2 amide bonds. The van der Waals surface area contributed by atoms with Crippen LogP contribution in [-0.2, 0) is 13.1 Å². The Balaban J connectivity index is 1.68. The van der Waals surface area contributed by atoms with Crippen LogP contribution in [0.3, 0.4) is 0 Å². The summed E-state index contributed by atoms with van der Waals surface area (Å²) in [6.07, 6.45) is 0. The average Bonchev–Trinajstić information content (AvgIpc) is 3.41. The summed E-state index contributed by atoms with van der Waals surface area (Å²) in [5.41, 5.74) is 0.494. The molecule has 4 aromatic rings. The lowest BCUT2D eigenvalue weighted by atomic mass is 9.99. The second-order valence-electron chi connectivity index (χ2n) is 8.97. The largest absolute Gasteiger partial charge is 0.302 e. The highest BCUT2D eigenvalue weighted by atomic mass is 16.6. The van der Waals surface area contributed by atoms with Gasteiger partial charge in [-0.3, -0.25) is 34.0 Å². The van der Waals surface area contributed by atoms with E-state index in [4.69, 9.17) is 0 Å². The fourth-order valence-corrected chi connectivity index (χ4v) is 4.48. The molecule has 11 nitrogen and oxygen atoms in total. The molecular formula is C27H22N6O5. The van der Waals surface area contributed by atoms with Gasteiger partial charge in [-0.1, -0.05) is 48.5 Å². The van der Waals surface area contributed by atoms with Crippen molar-refractivity contribution in [2.75, 3.05) is 14.1 Å². The summed E-state index contributed by atoms with van der Waals surface area (Å²) in [6.45, 7) is 0.0329. The third-order valence-corrected chi connectivity index (χ3v) is 6.15. The van der Waals surface area contributed by atoms with Gasteiger partial charge in [0.1, 0.15) is 5.56 Å². The van der Waals surface area contributed by atoms with Crippen molar-refractivity contribution in [3.8, 4) is 5.69 Å². The molecule has 0 bridgehead atoms. The molecule has 0 fully saturated rings. The minimum absolute atomic E-state index is 0.146. The second kappa shape index (κ2) is 9.79. The van der Waals surface area contributed by atoms with Gasteiger partial charge in [0.25, 0.3) is 17.5 Å². The predicted molar refractivity (Wildman–Crippen MR) is 136 cm³/mol. The van der Waals surface area contributed by atoms with Crippen molar-refractivity contribution in [2.45, 2.75) is 13.1 Å². The molecule has 0 atom stereocenters. The molecule has 0 radical (unpaired) electrons. The van der Waals surface area contributed by atoms with Crippen LogP contribution in [0.4, 0.5) is 5.69 Å². The molecule has 38 heavy (non-hydrogen) atoms. The van der Waals surface area contributed by atoms with Crippen molar-refractivity contribution in [1.82, 2.24) is 24.6 Å². The number of hydrogen-bond donors (Lipinski definition) is 0. The lowest BCUT2D eigenvalue weighted by Crippen LogP contribution is -2.31. The minimum atomic E-state index is -0.612. The molecular weight excluding hydrogens is 488 g/mol. The monoisotopic (exact) mass is 510 g/mol. The maximum absolute atomic E-state index is 13.6. The molecule has 0 saturated heterocycles. The van der Waals surface area contributed by atoms with Gasteiger partial charge in [0.2, 0.25) is 5.78 Å². The van der Waals surface area contributed by atoms with Crippen LogP contribution in [0.1, 0.15) is 48.3 Å². The summed E-state index contributed by atoms with van der Waals surface area (Å²) in [7, 11) is 3.62. The predicted octanol–water partition coefficient (Wildman–Crippen LogP) is 3.26. The molecule has 0 spiro atoms. The van der Waals surface area contributed by atoms with E-state index in [2.05, 4.69) is 10.2 Å². The number of carbonyl (C=O) groups excluding carboxylic acids is 3. The molecule has 0 unspecified atom stereocenters. The van der Waals surface area contributed by atoms with Crippen LogP contribution in [0.5, 0.6) is 0 Å². The van der Waals surface area contributed by atoms with Crippen molar-refractivity contribution in [2.24, 2.45) is 0 Å². The summed E-state index contributed by atoms with van der Waals surface area (Å²) < 4.78 is 1.52. The summed E-state index contributed by atoms with van der Waals surface area (Å²) in [5.74, 6) is -0.949.